The highest BCUT2D eigenvalue weighted by Crippen LogP contribution is 2.34. The smallest absolute Gasteiger partial charge is 0.264 e. The number of hydrogen-bond donors (Lipinski definition) is 1. The predicted molar refractivity (Wildman–Crippen MR) is 183 cm³/mol. The maximum absolute atomic E-state index is 14.6. The lowest BCUT2D eigenvalue weighted by Crippen LogP contribution is -2.54. The molecule has 242 valence electrons. The molecule has 0 unspecified atom stereocenters. The van der Waals surface area contributed by atoms with Crippen LogP contribution in [0.5, 0.6) is 5.75 Å². The number of nitrogens with zero attached hydrogens (tertiary/aromatic N) is 2. The number of sulfonamides is 1. The number of carbonyl (C=O) groups is 2. The van der Waals surface area contributed by atoms with E-state index in [-0.39, 0.29) is 41.2 Å². The molecule has 10 heteroatoms. The third-order valence-electron chi connectivity index (χ3n) is 7.73. The maximum Gasteiger partial charge on any atom is 0.264 e. The van der Waals surface area contributed by atoms with Gasteiger partial charge in [0.1, 0.15) is 18.3 Å². The van der Waals surface area contributed by atoms with Gasteiger partial charge in [-0.25, -0.2) is 8.42 Å². The minimum absolute atomic E-state index is 0.0168. The molecule has 2 atom stereocenters. The van der Waals surface area contributed by atoms with E-state index in [0.717, 1.165) is 15.4 Å². The molecule has 0 radical (unpaired) electrons. The van der Waals surface area contributed by atoms with Gasteiger partial charge in [0.2, 0.25) is 11.8 Å². The van der Waals surface area contributed by atoms with Crippen LogP contribution in [0.2, 0.25) is 5.02 Å². The van der Waals surface area contributed by atoms with Crippen molar-refractivity contribution in [3.63, 3.8) is 0 Å². The van der Waals surface area contributed by atoms with Crippen molar-refractivity contribution >= 4 is 39.1 Å². The van der Waals surface area contributed by atoms with Gasteiger partial charge in [0.25, 0.3) is 10.0 Å². The lowest BCUT2D eigenvalue weighted by molar-refractivity contribution is -0.140. The summed E-state index contributed by atoms with van der Waals surface area (Å²) in [6.07, 6.45) is 0.914. The highest BCUT2D eigenvalue weighted by atomic mass is 35.5. The molecule has 0 aliphatic carbocycles. The molecule has 0 heterocycles. The third kappa shape index (κ3) is 8.68. The molecular formula is C36H40ClN3O5S. The Bertz CT molecular complexity index is 1740. The van der Waals surface area contributed by atoms with E-state index in [1.54, 1.807) is 54.6 Å². The summed E-state index contributed by atoms with van der Waals surface area (Å²) in [6, 6.07) is 28.5. The van der Waals surface area contributed by atoms with Crippen LogP contribution >= 0.6 is 11.6 Å². The minimum Gasteiger partial charge on any atom is -0.495 e. The van der Waals surface area contributed by atoms with E-state index in [1.807, 2.05) is 57.2 Å². The van der Waals surface area contributed by atoms with Crippen molar-refractivity contribution in [1.82, 2.24) is 10.2 Å². The molecule has 0 bridgehead atoms. The third-order valence-corrected chi connectivity index (χ3v) is 9.74. The first-order chi connectivity index (χ1) is 22.0. The molecule has 8 nitrogen and oxygen atoms in total. The molecule has 4 aromatic carbocycles. The number of anilines is 1. The van der Waals surface area contributed by atoms with Gasteiger partial charge in [-0.1, -0.05) is 85.3 Å². The number of amides is 2. The number of methoxy groups -OCH3 is 1. The molecule has 4 aromatic rings. The normalized spacial score (nSPS) is 12.5. The summed E-state index contributed by atoms with van der Waals surface area (Å²) >= 11 is 6.32. The first-order valence-corrected chi connectivity index (χ1v) is 17.0. The van der Waals surface area contributed by atoms with Gasteiger partial charge < -0.3 is 15.0 Å². The van der Waals surface area contributed by atoms with Crippen molar-refractivity contribution in [3.05, 3.63) is 125 Å². The number of halogens is 1. The van der Waals surface area contributed by atoms with Crippen LogP contribution in [0.15, 0.2) is 108 Å². The number of rotatable bonds is 14. The Morgan fingerprint density at radius 1 is 0.891 bits per heavy atom. The van der Waals surface area contributed by atoms with Crippen LogP contribution in [0.3, 0.4) is 0 Å². The lowest BCUT2D eigenvalue weighted by Gasteiger charge is -2.34. The summed E-state index contributed by atoms with van der Waals surface area (Å²) in [5.74, 6) is -0.614. The standard InChI is InChI=1S/C36H40ClN3O5S/c1-5-27(3)38-36(42)33(23-28-13-8-6-9-14-28)39(24-29-15-12-16-30(37)22-29)35(41)25-40(32-21-26(2)19-20-34(32)45-4)46(43,44)31-17-10-7-11-18-31/h6-22,27,33H,5,23-25H2,1-4H3,(H,38,42)/t27-,33+/m0/s1. The van der Waals surface area contributed by atoms with E-state index >= 15 is 0 Å². The lowest BCUT2D eigenvalue weighted by atomic mass is 10.0. The van der Waals surface area contributed by atoms with Gasteiger partial charge in [-0.2, -0.15) is 0 Å². The maximum atomic E-state index is 14.6. The zero-order valence-corrected chi connectivity index (χ0v) is 28.1. The molecule has 0 saturated carbocycles. The summed E-state index contributed by atoms with van der Waals surface area (Å²) in [7, 11) is -2.81. The highest BCUT2D eigenvalue weighted by molar-refractivity contribution is 7.92. The zero-order chi connectivity index (χ0) is 33.3. The SMILES string of the molecule is CC[C@H](C)NC(=O)[C@@H](Cc1ccccc1)N(Cc1cccc(Cl)c1)C(=O)CN(c1cc(C)ccc1OC)S(=O)(=O)c1ccccc1. The fraction of sp³-hybridized carbons (Fsp3) is 0.278. The number of aryl methyl sites for hydroxylation is 1. The molecule has 0 spiro atoms. The Morgan fingerprint density at radius 2 is 1.54 bits per heavy atom. The molecule has 0 aliphatic rings. The quantitative estimate of drug-likeness (QED) is 0.169. The fourth-order valence-corrected chi connectivity index (χ4v) is 6.71. The topological polar surface area (TPSA) is 96.0 Å². The summed E-state index contributed by atoms with van der Waals surface area (Å²) in [5.41, 5.74) is 2.54. The largest absolute Gasteiger partial charge is 0.495 e. The number of carbonyl (C=O) groups excluding carboxylic acids is 2. The molecule has 0 saturated heterocycles. The summed E-state index contributed by atoms with van der Waals surface area (Å²) in [5, 5.41) is 3.52. The molecule has 2 amide bonds. The number of benzene rings is 4. The van der Waals surface area contributed by atoms with E-state index in [2.05, 4.69) is 5.32 Å². The molecular weight excluding hydrogens is 622 g/mol. The van der Waals surface area contributed by atoms with Gasteiger partial charge in [-0.05, 0) is 73.4 Å². The van der Waals surface area contributed by atoms with Crippen LogP contribution in [-0.2, 0) is 32.6 Å². The second-order valence-corrected chi connectivity index (χ2v) is 13.5. The first kappa shape index (κ1) is 34.5. The van der Waals surface area contributed by atoms with E-state index in [1.165, 1.54) is 24.1 Å². The van der Waals surface area contributed by atoms with Crippen molar-refractivity contribution in [3.8, 4) is 5.75 Å². The monoisotopic (exact) mass is 661 g/mol. The fourth-order valence-electron chi connectivity index (χ4n) is 5.06. The highest BCUT2D eigenvalue weighted by Gasteiger charge is 2.36. The van der Waals surface area contributed by atoms with Crippen LogP contribution in [0, 0.1) is 6.92 Å². The first-order valence-electron chi connectivity index (χ1n) is 15.1. The molecule has 4 rings (SSSR count). The van der Waals surface area contributed by atoms with Gasteiger partial charge >= 0.3 is 0 Å². The van der Waals surface area contributed by atoms with Gasteiger partial charge in [-0.15, -0.1) is 0 Å². The van der Waals surface area contributed by atoms with Crippen LogP contribution in [0.1, 0.15) is 37.0 Å². The predicted octanol–water partition coefficient (Wildman–Crippen LogP) is 6.41. The van der Waals surface area contributed by atoms with Crippen LogP contribution in [0.4, 0.5) is 5.69 Å². The average molecular weight is 662 g/mol. The van der Waals surface area contributed by atoms with Crippen molar-refractivity contribution in [2.75, 3.05) is 18.0 Å². The Morgan fingerprint density at radius 3 is 2.17 bits per heavy atom. The summed E-state index contributed by atoms with van der Waals surface area (Å²) in [6.45, 7) is 5.14. The summed E-state index contributed by atoms with van der Waals surface area (Å²) < 4.78 is 35.1. The molecule has 1 N–H and O–H groups in total. The van der Waals surface area contributed by atoms with Crippen molar-refractivity contribution in [2.45, 2.75) is 57.1 Å². The second-order valence-electron chi connectivity index (χ2n) is 11.2. The Kier molecular flexibility index (Phi) is 11.8. The second kappa shape index (κ2) is 15.8. The van der Waals surface area contributed by atoms with Crippen molar-refractivity contribution in [2.24, 2.45) is 0 Å². The zero-order valence-electron chi connectivity index (χ0n) is 26.5. The van der Waals surface area contributed by atoms with Gasteiger partial charge in [0.15, 0.2) is 0 Å². The van der Waals surface area contributed by atoms with Crippen LogP contribution < -0.4 is 14.4 Å². The van der Waals surface area contributed by atoms with Crippen molar-refractivity contribution < 1.29 is 22.7 Å². The minimum atomic E-state index is -4.26. The van der Waals surface area contributed by atoms with E-state index in [0.29, 0.717) is 17.0 Å². The molecule has 0 fully saturated rings. The van der Waals surface area contributed by atoms with E-state index in [4.69, 9.17) is 16.3 Å². The van der Waals surface area contributed by atoms with Crippen LogP contribution in [0.25, 0.3) is 0 Å². The summed E-state index contributed by atoms with van der Waals surface area (Å²) in [4.78, 5) is 30.1. The van der Waals surface area contributed by atoms with Gasteiger partial charge in [0, 0.05) is 24.0 Å². The van der Waals surface area contributed by atoms with E-state index < -0.39 is 28.5 Å². The number of ether oxygens (including phenoxy) is 1. The Hall–Kier alpha value is -4.34. The molecule has 0 aliphatic heterocycles. The van der Waals surface area contributed by atoms with Gasteiger partial charge in [0.05, 0.1) is 17.7 Å². The van der Waals surface area contributed by atoms with Gasteiger partial charge in [-0.3, -0.25) is 13.9 Å². The number of hydrogen-bond acceptors (Lipinski definition) is 5. The van der Waals surface area contributed by atoms with Crippen molar-refractivity contribution in [1.29, 1.82) is 0 Å². The molecule has 46 heavy (non-hydrogen) atoms. The van der Waals surface area contributed by atoms with Crippen LogP contribution in [-0.4, -0.2) is 50.9 Å². The average Bonchev–Trinajstić information content (AvgIpc) is 3.05. The van der Waals surface area contributed by atoms with E-state index in [9.17, 15) is 18.0 Å². The molecule has 0 aromatic heterocycles. The Labute approximate surface area is 277 Å². The number of nitrogens with one attached hydrogen (secondary N) is 1. The Balaban J connectivity index is 1.85.